The standard InChI is InChI=1S/C22H28N4O2S/c27-22(17-29-21-3-11-24-12-4-21)26-13-5-18(6-14-26)25-15-7-20(8-16-25)28-19-1-9-23-10-2-19/h1-4,9-12,18,20H,5-8,13-17H2. The summed E-state index contributed by atoms with van der Waals surface area (Å²) >= 11 is 1.59. The van der Waals surface area contributed by atoms with E-state index in [1.165, 1.54) is 0 Å². The van der Waals surface area contributed by atoms with Crippen molar-refractivity contribution >= 4 is 17.7 Å². The van der Waals surface area contributed by atoms with Crippen LogP contribution in [0.3, 0.4) is 0 Å². The summed E-state index contributed by atoms with van der Waals surface area (Å²) in [5, 5.41) is 0. The van der Waals surface area contributed by atoms with E-state index in [1.54, 1.807) is 36.5 Å². The topological polar surface area (TPSA) is 58.6 Å². The Hall–Kier alpha value is -2.12. The van der Waals surface area contributed by atoms with Gasteiger partial charge >= 0.3 is 0 Å². The quantitative estimate of drug-likeness (QED) is 0.680. The van der Waals surface area contributed by atoms with Gasteiger partial charge in [-0.05, 0) is 49.9 Å². The first-order valence-electron chi connectivity index (χ1n) is 10.4. The molecule has 7 heteroatoms. The van der Waals surface area contributed by atoms with E-state index in [0.717, 1.165) is 62.5 Å². The monoisotopic (exact) mass is 412 g/mol. The number of amides is 1. The maximum absolute atomic E-state index is 12.5. The van der Waals surface area contributed by atoms with Gasteiger partial charge in [-0.3, -0.25) is 19.7 Å². The van der Waals surface area contributed by atoms with Gasteiger partial charge in [-0.2, -0.15) is 0 Å². The van der Waals surface area contributed by atoms with Gasteiger partial charge in [-0.1, -0.05) is 0 Å². The van der Waals surface area contributed by atoms with Crippen LogP contribution in [0.2, 0.25) is 0 Å². The van der Waals surface area contributed by atoms with Crippen molar-refractivity contribution < 1.29 is 9.53 Å². The van der Waals surface area contributed by atoms with E-state index in [1.807, 2.05) is 29.2 Å². The number of pyridine rings is 2. The van der Waals surface area contributed by atoms with Crippen molar-refractivity contribution in [3.05, 3.63) is 49.1 Å². The van der Waals surface area contributed by atoms with Crippen LogP contribution >= 0.6 is 11.8 Å². The number of ether oxygens (including phenoxy) is 1. The molecule has 1 amide bonds. The Bertz CT molecular complexity index is 761. The number of carbonyl (C=O) groups is 1. The van der Waals surface area contributed by atoms with E-state index in [2.05, 4.69) is 14.9 Å². The molecular formula is C22H28N4O2S. The zero-order chi connectivity index (χ0) is 19.9. The maximum Gasteiger partial charge on any atom is 0.232 e. The number of nitrogens with zero attached hydrogens (tertiary/aromatic N) is 4. The molecule has 2 fully saturated rings. The molecule has 2 aliphatic rings. The minimum atomic E-state index is 0.245. The van der Waals surface area contributed by atoms with Crippen molar-refractivity contribution in [1.82, 2.24) is 19.8 Å². The smallest absolute Gasteiger partial charge is 0.232 e. The Morgan fingerprint density at radius 3 is 2.21 bits per heavy atom. The minimum absolute atomic E-state index is 0.245. The Balaban J connectivity index is 1.17. The molecule has 2 aromatic heterocycles. The lowest BCUT2D eigenvalue weighted by Crippen LogP contribution is -2.50. The van der Waals surface area contributed by atoms with Crippen LogP contribution in [0, 0.1) is 0 Å². The number of piperidine rings is 2. The van der Waals surface area contributed by atoms with Crippen LogP contribution < -0.4 is 4.74 Å². The molecule has 2 aromatic rings. The van der Waals surface area contributed by atoms with E-state index in [0.29, 0.717) is 17.9 Å². The summed E-state index contributed by atoms with van der Waals surface area (Å²) in [5.41, 5.74) is 0. The third-order valence-corrected chi connectivity index (χ3v) is 6.77. The van der Waals surface area contributed by atoms with Crippen molar-refractivity contribution in [2.24, 2.45) is 0 Å². The molecular weight excluding hydrogens is 384 g/mol. The SMILES string of the molecule is O=C(CSc1ccncc1)N1CCC(N2CCC(Oc3ccncc3)CC2)CC1. The molecule has 0 N–H and O–H groups in total. The largest absolute Gasteiger partial charge is 0.490 e. The highest BCUT2D eigenvalue weighted by molar-refractivity contribution is 8.00. The number of thioether (sulfide) groups is 1. The molecule has 0 radical (unpaired) electrons. The number of likely N-dealkylation sites (tertiary alicyclic amines) is 2. The van der Waals surface area contributed by atoms with Gasteiger partial charge in [0.1, 0.15) is 11.9 Å². The predicted octanol–water partition coefficient (Wildman–Crippen LogP) is 3.10. The second kappa shape index (κ2) is 10.1. The number of aromatic nitrogens is 2. The Morgan fingerprint density at radius 1 is 0.931 bits per heavy atom. The highest BCUT2D eigenvalue weighted by atomic mass is 32.2. The summed E-state index contributed by atoms with van der Waals surface area (Å²) in [6.45, 7) is 3.89. The van der Waals surface area contributed by atoms with Crippen LogP contribution in [0.15, 0.2) is 53.9 Å². The number of rotatable bonds is 6. The fourth-order valence-electron chi connectivity index (χ4n) is 4.12. The van der Waals surface area contributed by atoms with Crippen molar-refractivity contribution in [3.63, 3.8) is 0 Å². The van der Waals surface area contributed by atoms with E-state index in [9.17, 15) is 4.79 Å². The highest BCUT2D eigenvalue weighted by Gasteiger charge is 2.30. The Labute approximate surface area is 176 Å². The number of hydrogen-bond donors (Lipinski definition) is 0. The molecule has 29 heavy (non-hydrogen) atoms. The van der Waals surface area contributed by atoms with Gasteiger partial charge in [-0.15, -0.1) is 11.8 Å². The fourth-order valence-corrected chi connectivity index (χ4v) is 4.91. The third-order valence-electron chi connectivity index (χ3n) is 5.77. The van der Waals surface area contributed by atoms with Crippen LogP contribution in [0.1, 0.15) is 25.7 Å². The number of hydrogen-bond acceptors (Lipinski definition) is 6. The van der Waals surface area contributed by atoms with Crippen molar-refractivity contribution in [2.45, 2.75) is 42.7 Å². The summed E-state index contributed by atoms with van der Waals surface area (Å²) < 4.78 is 6.08. The first-order chi connectivity index (χ1) is 14.3. The van der Waals surface area contributed by atoms with E-state index in [-0.39, 0.29) is 5.91 Å². The normalized spacial score (nSPS) is 19.2. The molecule has 0 aromatic carbocycles. The van der Waals surface area contributed by atoms with Crippen LogP contribution in [0.5, 0.6) is 5.75 Å². The van der Waals surface area contributed by atoms with Crippen molar-refractivity contribution in [1.29, 1.82) is 0 Å². The summed E-state index contributed by atoms with van der Waals surface area (Å²) in [5.74, 6) is 1.66. The average Bonchev–Trinajstić information content (AvgIpc) is 2.79. The van der Waals surface area contributed by atoms with Gasteiger partial charge in [-0.25, -0.2) is 0 Å². The molecule has 6 nitrogen and oxygen atoms in total. The van der Waals surface area contributed by atoms with Crippen LogP contribution in [0.4, 0.5) is 0 Å². The number of carbonyl (C=O) groups excluding carboxylic acids is 1. The zero-order valence-corrected chi connectivity index (χ0v) is 17.5. The molecule has 0 unspecified atom stereocenters. The highest BCUT2D eigenvalue weighted by Crippen LogP contribution is 2.24. The second-order valence-electron chi connectivity index (χ2n) is 7.62. The predicted molar refractivity (Wildman–Crippen MR) is 114 cm³/mol. The van der Waals surface area contributed by atoms with Crippen molar-refractivity contribution in [3.8, 4) is 5.75 Å². The van der Waals surface area contributed by atoms with Gasteiger partial charge in [0.2, 0.25) is 5.91 Å². The van der Waals surface area contributed by atoms with Gasteiger partial charge in [0.25, 0.3) is 0 Å². The minimum Gasteiger partial charge on any atom is -0.490 e. The molecule has 0 aliphatic carbocycles. The van der Waals surface area contributed by atoms with E-state index < -0.39 is 0 Å². The van der Waals surface area contributed by atoms with Gasteiger partial charge in [0, 0.05) is 61.9 Å². The van der Waals surface area contributed by atoms with Crippen LogP contribution in [-0.2, 0) is 4.79 Å². The molecule has 2 aliphatic heterocycles. The fraction of sp³-hybridized carbons (Fsp3) is 0.500. The summed E-state index contributed by atoms with van der Waals surface area (Å²) in [6, 6.07) is 8.34. The van der Waals surface area contributed by atoms with Crippen molar-refractivity contribution in [2.75, 3.05) is 31.9 Å². The zero-order valence-electron chi connectivity index (χ0n) is 16.7. The molecule has 0 saturated carbocycles. The van der Waals surface area contributed by atoms with E-state index >= 15 is 0 Å². The molecule has 0 bridgehead atoms. The molecule has 2 saturated heterocycles. The lowest BCUT2D eigenvalue weighted by Gasteiger charge is -2.41. The lowest BCUT2D eigenvalue weighted by molar-refractivity contribution is -0.130. The van der Waals surface area contributed by atoms with E-state index in [4.69, 9.17) is 4.74 Å². The van der Waals surface area contributed by atoms with Gasteiger partial charge < -0.3 is 9.64 Å². The summed E-state index contributed by atoms with van der Waals surface area (Å²) in [4.78, 5) is 26.3. The molecule has 4 rings (SSSR count). The molecule has 0 atom stereocenters. The van der Waals surface area contributed by atoms with Gasteiger partial charge in [0.05, 0.1) is 5.75 Å². The first kappa shape index (κ1) is 20.2. The molecule has 4 heterocycles. The molecule has 0 spiro atoms. The lowest BCUT2D eigenvalue weighted by atomic mass is 9.99. The summed E-state index contributed by atoms with van der Waals surface area (Å²) in [6.07, 6.45) is 11.6. The summed E-state index contributed by atoms with van der Waals surface area (Å²) in [7, 11) is 0. The van der Waals surface area contributed by atoms with Gasteiger partial charge in [0.15, 0.2) is 0 Å². The van der Waals surface area contributed by atoms with Crippen LogP contribution in [-0.4, -0.2) is 69.8 Å². The molecule has 154 valence electrons. The Kier molecular flexibility index (Phi) is 7.00. The average molecular weight is 413 g/mol. The third kappa shape index (κ3) is 5.70. The second-order valence-corrected chi connectivity index (χ2v) is 8.67. The maximum atomic E-state index is 12.5. The Morgan fingerprint density at radius 2 is 1.55 bits per heavy atom. The first-order valence-corrected chi connectivity index (χ1v) is 11.4. The van der Waals surface area contributed by atoms with Crippen LogP contribution in [0.25, 0.3) is 0 Å².